The van der Waals surface area contributed by atoms with Gasteiger partial charge in [-0.3, -0.25) is 0 Å². The minimum absolute atomic E-state index is 0.0313. The second kappa shape index (κ2) is 16.1. The number of rotatable bonds is 12. The number of piperidine rings is 1. The van der Waals surface area contributed by atoms with Crippen molar-refractivity contribution in [2.24, 2.45) is 11.8 Å². The van der Waals surface area contributed by atoms with Gasteiger partial charge in [-0.2, -0.15) is 0 Å². The molecular formula is C28H44ClFN4O4. The van der Waals surface area contributed by atoms with E-state index >= 15 is 4.39 Å². The molecule has 2 fully saturated rings. The molecule has 38 heavy (non-hydrogen) atoms. The van der Waals surface area contributed by atoms with E-state index in [-0.39, 0.29) is 42.8 Å². The Morgan fingerprint density at radius 3 is 2.71 bits per heavy atom. The normalized spacial score (nSPS) is 20.0. The molecule has 3 atom stereocenters. The van der Waals surface area contributed by atoms with Crippen LogP contribution < -0.4 is 16.0 Å². The highest BCUT2D eigenvalue weighted by Gasteiger charge is 2.33. The fourth-order valence-electron chi connectivity index (χ4n) is 5.71. The molecule has 3 amide bonds. The molecule has 0 radical (unpaired) electrons. The third kappa shape index (κ3) is 9.27. The molecule has 3 rings (SSSR count). The quantitative estimate of drug-likeness (QED) is 0.306. The Balaban J connectivity index is 1.65. The summed E-state index contributed by atoms with van der Waals surface area (Å²) in [5.74, 6) is 0.0233. The maximum absolute atomic E-state index is 15.1. The van der Waals surface area contributed by atoms with E-state index in [1.807, 2.05) is 11.9 Å². The zero-order valence-electron chi connectivity index (χ0n) is 22.8. The number of likely N-dealkylation sites (tertiary alicyclic amines) is 1. The summed E-state index contributed by atoms with van der Waals surface area (Å²) in [6.45, 7) is 4.23. The summed E-state index contributed by atoms with van der Waals surface area (Å²) in [6.07, 6.45) is 7.75. The number of ether oxygens (including phenoxy) is 2. The van der Waals surface area contributed by atoms with Crippen molar-refractivity contribution in [1.29, 1.82) is 0 Å². The average molecular weight is 555 g/mol. The lowest BCUT2D eigenvalue weighted by molar-refractivity contribution is -0.0107. The molecule has 1 aliphatic carbocycles. The van der Waals surface area contributed by atoms with E-state index in [4.69, 9.17) is 21.1 Å². The first-order chi connectivity index (χ1) is 18.4. The molecule has 8 nitrogen and oxygen atoms in total. The summed E-state index contributed by atoms with van der Waals surface area (Å²) in [5, 5.41) is 9.14. The van der Waals surface area contributed by atoms with Gasteiger partial charge in [-0.05, 0) is 45.2 Å². The fraction of sp³-hybridized carbons (Fsp3) is 0.714. The molecule has 0 bridgehead atoms. The summed E-state index contributed by atoms with van der Waals surface area (Å²) in [5.41, 5.74) is 0.367. The van der Waals surface area contributed by atoms with E-state index in [1.54, 1.807) is 19.1 Å². The molecule has 1 saturated heterocycles. The van der Waals surface area contributed by atoms with Crippen LogP contribution in [0.4, 0.5) is 14.0 Å². The minimum atomic E-state index is -0.608. The van der Waals surface area contributed by atoms with Crippen molar-refractivity contribution in [3.63, 3.8) is 0 Å². The van der Waals surface area contributed by atoms with Crippen LogP contribution in [0.15, 0.2) is 18.2 Å². The van der Waals surface area contributed by atoms with Crippen molar-refractivity contribution in [1.82, 2.24) is 20.9 Å². The fourth-order valence-corrected chi connectivity index (χ4v) is 5.90. The number of nitrogens with zero attached hydrogens (tertiary/aromatic N) is 1. The van der Waals surface area contributed by atoms with Gasteiger partial charge in [0.05, 0.1) is 24.3 Å². The first-order valence-corrected chi connectivity index (χ1v) is 14.5. The lowest BCUT2D eigenvalue weighted by Crippen LogP contribution is -2.52. The molecule has 1 saturated carbocycles. The summed E-state index contributed by atoms with van der Waals surface area (Å²) in [7, 11) is 1.91. The van der Waals surface area contributed by atoms with Crippen LogP contribution in [0, 0.1) is 17.7 Å². The molecule has 0 spiro atoms. The van der Waals surface area contributed by atoms with Crippen LogP contribution in [-0.2, 0) is 9.47 Å². The SMILES string of the molecule is CCOC(=O)NCCOC(c1cccc(Cl)c1F)C1CCCN(C(=O)NC(CNC)CC2CCCCC2)C1. The average Bonchev–Trinajstić information content (AvgIpc) is 2.91. The highest BCUT2D eigenvalue weighted by molar-refractivity contribution is 6.30. The topological polar surface area (TPSA) is 91.9 Å². The van der Waals surface area contributed by atoms with Gasteiger partial charge in [0.2, 0.25) is 0 Å². The third-order valence-corrected chi connectivity index (χ3v) is 7.82. The lowest BCUT2D eigenvalue weighted by Gasteiger charge is -2.38. The molecule has 3 N–H and O–H groups in total. The van der Waals surface area contributed by atoms with Crippen LogP contribution in [0.5, 0.6) is 0 Å². The number of carbonyl (C=O) groups excluding carboxylic acids is 2. The first-order valence-electron chi connectivity index (χ1n) is 14.1. The summed E-state index contributed by atoms with van der Waals surface area (Å²) in [4.78, 5) is 26.8. The largest absolute Gasteiger partial charge is 0.450 e. The van der Waals surface area contributed by atoms with E-state index in [1.165, 1.54) is 38.2 Å². The summed E-state index contributed by atoms with van der Waals surface area (Å²) < 4.78 is 26.1. The Hall–Kier alpha value is -2.10. The minimum Gasteiger partial charge on any atom is -0.450 e. The number of amides is 3. The summed E-state index contributed by atoms with van der Waals surface area (Å²) >= 11 is 6.10. The van der Waals surface area contributed by atoms with Crippen LogP contribution in [0.2, 0.25) is 5.02 Å². The third-order valence-electron chi connectivity index (χ3n) is 7.53. The maximum Gasteiger partial charge on any atom is 0.407 e. The smallest absolute Gasteiger partial charge is 0.407 e. The van der Waals surface area contributed by atoms with Crippen LogP contribution in [0.25, 0.3) is 0 Å². The van der Waals surface area contributed by atoms with Gasteiger partial charge in [-0.25, -0.2) is 14.0 Å². The van der Waals surface area contributed by atoms with Crippen molar-refractivity contribution in [3.05, 3.63) is 34.6 Å². The van der Waals surface area contributed by atoms with Crippen molar-refractivity contribution < 1.29 is 23.5 Å². The van der Waals surface area contributed by atoms with Gasteiger partial charge < -0.3 is 30.3 Å². The van der Waals surface area contributed by atoms with Crippen molar-refractivity contribution in [2.75, 3.05) is 46.4 Å². The van der Waals surface area contributed by atoms with E-state index in [0.717, 1.165) is 25.8 Å². The van der Waals surface area contributed by atoms with Gasteiger partial charge in [-0.1, -0.05) is 55.8 Å². The zero-order chi connectivity index (χ0) is 27.3. The Bertz CT molecular complexity index is 886. The predicted octanol–water partition coefficient (Wildman–Crippen LogP) is 5.26. The Morgan fingerprint density at radius 1 is 1.18 bits per heavy atom. The van der Waals surface area contributed by atoms with Gasteiger partial charge >= 0.3 is 12.1 Å². The number of hydrogen-bond acceptors (Lipinski definition) is 5. The number of nitrogens with one attached hydrogen (secondary N) is 3. The number of likely N-dealkylation sites (N-methyl/N-ethyl adjacent to an activating group) is 1. The molecule has 10 heteroatoms. The highest BCUT2D eigenvalue weighted by Crippen LogP contribution is 2.36. The molecule has 214 valence electrons. The number of hydrogen-bond donors (Lipinski definition) is 3. The molecule has 1 aliphatic heterocycles. The number of carbonyl (C=O) groups is 2. The Kier molecular flexibility index (Phi) is 12.9. The number of alkyl carbamates (subject to hydrolysis) is 1. The van der Waals surface area contributed by atoms with Crippen molar-refractivity contribution >= 4 is 23.7 Å². The second-order valence-corrected chi connectivity index (χ2v) is 10.8. The van der Waals surface area contributed by atoms with Gasteiger partial charge in [-0.15, -0.1) is 0 Å². The maximum atomic E-state index is 15.1. The van der Waals surface area contributed by atoms with E-state index < -0.39 is 18.0 Å². The first kappa shape index (κ1) is 30.4. The molecule has 2 aliphatic rings. The predicted molar refractivity (Wildman–Crippen MR) is 147 cm³/mol. The molecule has 3 unspecified atom stereocenters. The molecule has 0 aromatic heterocycles. The van der Waals surface area contributed by atoms with Crippen LogP contribution in [0.1, 0.15) is 70.0 Å². The number of halogens is 2. The summed E-state index contributed by atoms with van der Waals surface area (Å²) in [6, 6.07) is 4.88. The Labute approximate surface area is 231 Å². The van der Waals surface area contributed by atoms with Gasteiger partial charge in [0, 0.05) is 43.7 Å². The molecular weight excluding hydrogens is 511 g/mol. The number of benzene rings is 1. The standard InChI is InChI=1S/C28H44ClFN4O4/c1-3-37-28(36)32-14-16-38-26(23-12-7-13-24(29)25(23)30)21-11-8-15-34(19-21)27(35)33-22(18-31-2)17-20-9-5-4-6-10-20/h7,12-13,20-22,26,31H,3-6,8-11,14-19H2,1-2H3,(H,32,36)(H,33,35). The molecule has 1 heterocycles. The van der Waals surface area contributed by atoms with Crippen LogP contribution >= 0.6 is 11.6 Å². The second-order valence-electron chi connectivity index (χ2n) is 10.4. The van der Waals surface area contributed by atoms with E-state index in [2.05, 4.69) is 16.0 Å². The lowest BCUT2D eigenvalue weighted by atomic mass is 9.85. The van der Waals surface area contributed by atoms with Crippen LogP contribution in [0.3, 0.4) is 0 Å². The van der Waals surface area contributed by atoms with E-state index in [0.29, 0.717) is 24.6 Å². The van der Waals surface area contributed by atoms with Gasteiger partial charge in [0.15, 0.2) is 0 Å². The van der Waals surface area contributed by atoms with Gasteiger partial charge in [0.1, 0.15) is 5.82 Å². The van der Waals surface area contributed by atoms with Crippen LogP contribution in [-0.4, -0.2) is 69.5 Å². The Morgan fingerprint density at radius 2 is 1.97 bits per heavy atom. The highest BCUT2D eigenvalue weighted by atomic mass is 35.5. The van der Waals surface area contributed by atoms with Crippen molar-refractivity contribution in [2.45, 2.75) is 70.4 Å². The van der Waals surface area contributed by atoms with Gasteiger partial charge in [0.25, 0.3) is 0 Å². The number of urea groups is 1. The molecule has 1 aromatic rings. The monoisotopic (exact) mass is 554 g/mol. The van der Waals surface area contributed by atoms with E-state index in [9.17, 15) is 9.59 Å². The molecule has 1 aromatic carbocycles. The van der Waals surface area contributed by atoms with Crippen molar-refractivity contribution in [3.8, 4) is 0 Å². The zero-order valence-corrected chi connectivity index (χ0v) is 23.5.